The van der Waals surface area contributed by atoms with Gasteiger partial charge < -0.3 is 10.1 Å². The van der Waals surface area contributed by atoms with Gasteiger partial charge in [0.25, 0.3) is 0 Å². The van der Waals surface area contributed by atoms with Crippen LogP contribution < -0.4 is 5.32 Å². The minimum Gasteiger partial charge on any atom is -0.465 e. The highest BCUT2D eigenvalue weighted by Gasteiger charge is 2.05. The van der Waals surface area contributed by atoms with E-state index in [1.807, 2.05) is 0 Å². The van der Waals surface area contributed by atoms with E-state index in [9.17, 15) is 13.6 Å². The second-order valence-corrected chi connectivity index (χ2v) is 4.17. The molecule has 20 heavy (non-hydrogen) atoms. The molecule has 0 saturated carbocycles. The second-order valence-electron chi connectivity index (χ2n) is 4.17. The summed E-state index contributed by atoms with van der Waals surface area (Å²) in [6.07, 6.45) is 0. The molecule has 2 aromatic carbocycles. The van der Waals surface area contributed by atoms with Gasteiger partial charge in [-0.25, -0.2) is 13.6 Å². The fourth-order valence-electron chi connectivity index (χ4n) is 1.69. The molecule has 0 bridgehead atoms. The van der Waals surface area contributed by atoms with Crippen molar-refractivity contribution in [3.63, 3.8) is 0 Å². The first-order valence-electron chi connectivity index (χ1n) is 5.96. The first kappa shape index (κ1) is 14.0. The Bertz CT molecular complexity index is 612. The quantitative estimate of drug-likeness (QED) is 0.871. The second kappa shape index (κ2) is 6.14. The lowest BCUT2D eigenvalue weighted by atomic mass is 10.1. The van der Waals surface area contributed by atoms with Gasteiger partial charge in [0.05, 0.1) is 12.7 Å². The number of benzene rings is 2. The van der Waals surface area contributed by atoms with Gasteiger partial charge in [-0.2, -0.15) is 0 Å². The molecule has 1 N–H and O–H groups in total. The number of halogens is 2. The van der Waals surface area contributed by atoms with Crippen molar-refractivity contribution in [2.75, 3.05) is 12.4 Å². The van der Waals surface area contributed by atoms with Crippen LogP contribution in [0.25, 0.3) is 0 Å². The highest BCUT2D eigenvalue weighted by molar-refractivity contribution is 5.89. The molecule has 0 unspecified atom stereocenters. The van der Waals surface area contributed by atoms with E-state index in [0.29, 0.717) is 17.8 Å². The SMILES string of the molecule is COC(=O)c1ccc(CNc2ccc(F)c(F)c2)cc1. The third-order valence-electron chi connectivity index (χ3n) is 2.79. The summed E-state index contributed by atoms with van der Waals surface area (Å²) >= 11 is 0. The fraction of sp³-hybridized carbons (Fsp3) is 0.133. The summed E-state index contributed by atoms with van der Waals surface area (Å²) in [7, 11) is 1.32. The zero-order valence-electron chi connectivity index (χ0n) is 10.8. The zero-order chi connectivity index (χ0) is 14.5. The summed E-state index contributed by atoms with van der Waals surface area (Å²) < 4.78 is 30.4. The van der Waals surface area contributed by atoms with E-state index in [4.69, 9.17) is 0 Å². The minimum atomic E-state index is -0.893. The van der Waals surface area contributed by atoms with E-state index in [-0.39, 0.29) is 0 Å². The Balaban J connectivity index is 2.00. The van der Waals surface area contributed by atoms with Crippen LogP contribution in [0.2, 0.25) is 0 Å². The highest BCUT2D eigenvalue weighted by Crippen LogP contribution is 2.14. The molecule has 0 aliphatic heterocycles. The van der Waals surface area contributed by atoms with E-state index >= 15 is 0 Å². The maximum Gasteiger partial charge on any atom is 0.337 e. The van der Waals surface area contributed by atoms with E-state index in [0.717, 1.165) is 17.7 Å². The van der Waals surface area contributed by atoms with Crippen molar-refractivity contribution >= 4 is 11.7 Å². The van der Waals surface area contributed by atoms with Crippen LogP contribution in [-0.2, 0) is 11.3 Å². The Morgan fingerprint density at radius 2 is 1.80 bits per heavy atom. The maximum absolute atomic E-state index is 13.0. The number of ether oxygens (including phenoxy) is 1. The van der Waals surface area contributed by atoms with Gasteiger partial charge in [-0.05, 0) is 29.8 Å². The Morgan fingerprint density at radius 1 is 1.10 bits per heavy atom. The first-order chi connectivity index (χ1) is 9.60. The lowest BCUT2D eigenvalue weighted by Crippen LogP contribution is -2.03. The van der Waals surface area contributed by atoms with E-state index < -0.39 is 17.6 Å². The Hall–Kier alpha value is -2.43. The summed E-state index contributed by atoms with van der Waals surface area (Å²) in [4.78, 5) is 11.3. The van der Waals surface area contributed by atoms with E-state index in [1.54, 1.807) is 24.3 Å². The first-order valence-corrected chi connectivity index (χ1v) is 5.96. The van der Waals surface area contributed by atoms with Crippen molar-refractivity contribution in [1.29, 1.82) is 0 Å². The van der Waals surface area contributed by atoms with Gasteiger partial charge in [0.1, 0.15) is 0 Å². The molecule has 3 nitrogen and oxygen atoms in total. The van der Waals surface area contributed by atoms with Crippen LogP contribution >= 0.6 is 0 Å². The Kier molecular flexibility index (Phi) is 4.30. The van der Waals surface area contributed by atoms with Crippen LogP contribution in [0.4, 0.5) is 14.5 Å². The summed E-state index contributed by atoms with van der Waals surface area (Å²) in [6.45, 7) is 0.437. The molecule has 0 saturated heterocycles. The molecule has 104 valence electrons. The number of hydrogen-bond acceptors (Lipinski definition) is 3. The predicted octanol–water partition coefficient (Wildman–Crippen LogP) is 3.36. The largest absolute Gasteiger partial charge is 0.465 e. The summed E-state index contributed by atoms with van der Waals surface area (Å²) in [6, 6.07) is 10.4. The number of carbonyl (C=O) groups excluding carboxylic acids is 1. The van der Waals surface area contributed by atoms with Gasteiger partial charge in [-0.3, -0.25) is 0 Å². The van der Waals surface area contributed by atoms with Crippen molar-refractivity contribution in [2.45, 2.75) is 6.54 Å². The van der Waals surface area contributed by atoms with Gasteiger partial charge in [0, 0.05) is 18.3 Å². The van der Waals surface area contributed by atoms with Crippen LogP contribution in [0.1, 0.15) is 15.9 Å². The smallest absolute Gasteiger partial charge is 0.337 e. The number of methoxy groups -OCH3 is 1. The lowest BCUT2D eigenvalue weighted by Gasteiger charge is -2.07. The molecule has 0 heterocycles. The van der Waals surface area contributed by atoms with Gasteiger partial charge in [0.15, 0.2) is 11.6 Å². The monoisotopic (exact) mass is 277 g/mol. The summed E-state index contributed by atoms with van der Waals surface area (Å²) in [5, 5.41) is 2.97. The van der Waals surface area contributed by atoms with Crippen LogP contribution in [-0.4, -0.2) is 13.1 Å². The number of hydrogen-bond donors (Lipinski definition) is 1. The van der Waals surface area contributed by atoms with E-state index in [2.05, 4.69) is 10.1 Å². The van der Waals surface area contributed by atoms with Crippen molar-refractivity contribution < 1.29 is 18.3 Å². The molecule has 0 fully saturated rings. The average Bonchev–Trinajstić information content (AvgIpc) is 2.48. The number of carbonyl (C=O) groups is 1. The number of esters is 1. The standard InChI is InChI=1S/C15H13F2NO2/c1-20-15(19)11-4-2-10(3-5-11)9-18-12-6-7-13(16)14(17)8-12/h2-8,18H,9H2,1H3. The van der Waals surface area contributed by atoms with Gasteiger partial charge in [-0.15, -0.1) is 0 Å². The van der Waals surface area contributed by atoms with Gasteiger partial charge in [0.2, 0.25) is 0 Å². The van der Waals surface area contributed by atoms with Crippen LogP contribution in [0.3, 0.4) is 0 Å². The molecular weight excluding hydrogens is 264 g/mol. The van der Waals surface area contributed by atoms with Crippen LogP contribution in [0.5, 0.6) is 0 Å². The highest BCUT2D eigenvalue weighted by atomic mass is 19.2. The predicted molar refractivity (Wildman–Crippen MR) is 71.5 cm³/mol. The number of anilines is 1. The fourth-order valence-corrected chi connectivity index (χ4v) is 1.69. The molecule has 0 amide bonds. The maximum atomic E-state index is 13.0. The summed E-state index contributed by atoms with van der Waals surface area (Å²) in [5.74, 6) is -2.17. The van der Waals surface area contributed by atoms with Crippen LogP contribution in [0, 0.1) is 11.6 Å². The van der Waals surface area contributed by atoms with E-state index in [1.165, 1.54) is 13.2 Å². The topological polar surface area (TPSA) is 38.3 Å². The Labute approximate surface area is 115 Å². The van der Waals surface area contributed by atoms with Crippen molar-refractivity contribution in [1.82, 2.24) is 0 Å². The Morgan fingerprint density at radius 3 is 2.40 bits per heavy atom. The lowest BCUT2D eigenvalue weighted by molar-refractivity contribution is 0.0600. The molecular formula is C15H13F2NO2. The molecule has 2 aromatic rings. The molecule has 0 aromatic heterocycles. The molecule has 0 atom stereocenters. The molecule has 0 aliphatic carbocycles. The number of rotatable bonds is 4. The van der Waals surface area contributed by atoms with Crippen molar-refractivity contribution in [2.24, 2.45) is 0 Å². The third kappa shape index (κ3) is 3.32. The molecule has 0 radical (unpaired) electrons. The minimum absolute atomic E-state index is 0.398. The van der Waals surface area contributed by atoms with Crippen molar-refractivity contribution in [3.8, 4) is 0 Å². The molecule has 2 rings (SSSR count). The molecule has 0 aliphatic rings. The summed E-state index contributed by atoms with van der Waals surface area (Å²) in [5.41, 5.74) is 1.85. The van der Waals surface area contributed by atoms with Gasteiger partial charge in [-0.1, -0.05) is 12.1 Å². The normalized spacial score (nSPS) is 10.2. The molecule has 5 heteroatoms. The van der Waals surface area contributed by atoms with Crippen LogP contribution in [0.15, 0.2) is 42.5 Å². The number of nitrogens with one attached hydrogen (secondary N) is 1. The van der Waals surface area contributed by atoms with Crippen molar-refractivity contribution in [3.05, 3.63) is 65.2 Å². The third-order valence-corrected chi connectivity index (χ3v) is 2.79. The molecule has 0 spiro atoms. The van der Waals surface area contributed by atoms with Gasteiger partial charge >= 0.3 is 5.97 Å². The average molecular weight is 277 g/mol. The zero-order valence-corrected chi connectivity index (χ0v) is 10.8.